The SMILES string of the molecule is C1CCOC1.CC(C)(C)OC(=O)C1CC(N)C1.CC(C)(C)OC(=O)C1CC(NC(=O)c2cc(-c3ccccc3)no2)C1.N#Cc1ccc(O)cc1.N#Cc1ccc(OCC2CC(NC(=O)c3cc(-c4ccccc4)no3)C2)cc1.O=C(NC1CC(C(=O)O)C1)c1cc(-c2ccccc2)no1.O=C(NC1CC(CO)C1)c1cc(-c2ccccc2)no1.O=C(O)c1cc(-c2ccccc2)no1.[AlH3].[H-].[Li+]. The van der Waals surface area contributed by atoms with E-state index in [1.807, 2.05) is 199 Å². The number of aliphatic carboxylic acids is 1. The molecule has 0 unspecified atom stereocenters. The third-order valence-electron chi connectivity index (χ3n) is 21.6. The van der Waals surface area contributed by atoms with Crippen LogP contribution in [-0.2, 0) is 28.6 Å². The van der Waals surface area contributed by atoms with Gasteiger partial charge in [0, 0.05) is 108 Å². The molecule has 0 radical (unpaired) electrons. The third-order valence-corrected chi connectivity index (χ3v) is 21.6. The average Bonchev–Trinajstić information content (AvgIpc) is 1.56. The molecule has 7 aromatic carbocycles. The van der Waals surface area contributed by atoms with E-state index < -0.39 is 17.5 Å². The van der Waals surface area contributed by atoms with Gasteiger partial charge < -0.3 is 90.4 Å². The summed E-state index contributed by atoms with van der Waals surface area (Å²) in [5, 5.41) is 83.0. The molecule has 0 spiro atoms. The fourth-order valence-corrected chi connectivity index (χ4v) is 14.0. The first-order chi connectivity index (χ1) is 64.4. The normalized spacial score (nSPS) is 18.7. The van der Waals surface area contributed by atoms with E-state index in [2.05, 4.69) is 57.6 Å². The van der Waals surface area contributed by atoms with Crippen LogP contribution < -0.4 is 50.6 Å². The number of aromatic nitrogens is 5. The summed E-state index contributed by atoms with van der Waals surface area (Å²) in [6, 6.07) is 72.7. The summed E-state index contributed by atoms with van der Waals surface area (Å²) >= 11 is 0. The topological polar surface area (TPSA) is 506 Å². The molecule has 5 saturated carbocycles. The number of carboxylic acid groups (broad SMARTS) is 2. The second kappa shape index (κ2) is 52.0. The fraction of sp³-hybridized carbons (Fsp3) is 0.337. The van der Waals surface area contributed by atoms with E-state index >= 15 is 0 Å². The first-order valence-electron chi connectivity index (χ1n) is 43.9. The second-order valence-corrected chi connectivity index (χ2v) is 34.7. The Morgan fingerprint density at radius 2 is 0.706 bits per heavy atom. The smallest absolute Gasteiger partial charge is 1.00 e. The number of rotatable bonds is 21. The van der Waals surface area contributed by atoms with Crippen LogP contribution in [0.25, 0.3) is 56.3 Å². The molecule has 5 aromatic heterocycles. The standard InChI is InChI=1S/C22H19N3O3.C19H22N2O4.C15H14N2O4.C15H16N2O3.C10H7NO3.C9H17NO2.C7H5NO.C4H8O.Al.Li.4H/c23-13-15-6-8-19(9-7-15)27-14-16-10-18(11-16)24-22(26)21-12-20(25-28-21)17-4-2-1-3-5-17;1-19(2,3)24-18(23)13-9-14(10-13)20-17(22)16-11-15(21-25-16)12-7-5-4-6-8-12;18-14(16-11-6-10(7-11)15(19)20)13-8-12(17-21-13)9-4-2-1-3-5-9;18-9-10-6-12(7-10)16-15(19)14-8-13(17-20-14)11-4-2-1-3-5-11;12-10(13)9-6-8(11-14-9)7-4-2-1-3-5-7;1-9(2,3)12-8(11)6-4-7(10)5-6;8-5-6-1-3-7(9)4-2-6;1-2-4-5-3-1;;;;;;/h1-9,12,16,18H,10-11,14H2,(H,24,26);4-8,11,13-14H,9-10H2,1-3H3,(H,20,22);1-5,8,10-11H,6-7H2,(H,16,18)(H,19,20);1-5,8,10,12,18H,6-7,9H2,(H,16,19);1-6H,(H,12,13);6-7H,4-5,10H2,1-3H3;1-4,9H;1-4H2;;;;;;/q;;;;;;;;;+1;;;;-1. The molecule has 6 aliphatic rings. The third kappa shape index (κ3) is 33.5. The van der Waals surface area contributed by atoms with E-state index in [0.29, 0.717) is 83.7 Å². The maximum Gasteiger partial charge on any atom is 1.00 e. The Balaban J connectivity index is 0.000000198. The van der Waals surface area contributed by atoms with Gasteiger partial charge in [-0.15, -0.1) is 0 Å². The molecule has 35 heteroatoms. The average molecular weight is 1860 g/mol. The van der Waals surface area contributed by atoms with Crippen molar-refractivity contribution in [3.05, 3.63) is 270 Å². The Labute approximate surface area is 810 Å². The number of amides is 4. The van der Waals surface area contributed by atoms with Crippen molar-refractivity contribution in [3.8, 4) is 79.9 Å². The summed E-state index contributed by atoms with van der Waals surface area (Å²) in [4.78, 5) is 93.0. The monoisotopic (exact) mass is 1860 g/mol. The van der Waals surface area contributed by atoms with Crippen LogP contribution in [0.4, 0.5) is 0 Å². The van der Waals surface area contributed by atoms with E-state index in [0.717, 1.165) is 85.3 Å². The van der Waals surface area contributed by atoms with E-state index in [1.165, 1.54) is 31.0 Å². The number of esters is 2. The number of aromatic carboxylic acids is 1. The van der Waals surface area contributed by atoms with Crippen molar-refractivity contribution >= 4 is 64.9 Å². The van der Waals surface area contributed by atoms with E-state index in [1.54, 1.807) is 60.7 Å². The molecule has 6 heterocycles. The Bertz CT molecular complexity index is 5860. The number of ether oxygens (including phenoxy) is 4. The molecule has 1 saturated heterocycles. The molecule has 1 aliphatic heterocycles. The molecule has 136 heavy (non-hydrogen) atoms. The first-order valence-corrected chi connectivity index (χ1v) is 43.9. The molecule has 18 rings (SSSR count). The molecule has 0 atom stereocenters. The zero-order chi connectivity index (χ0) is 95.7. The number of nitrogens with zero attached hydrogens (tertiary/aromatic N) is 7. The van der Waals surface area contributed by atoms with Crippen LogP contribution in [0.1, 0.15) is 184 Å². The number of carbonyl (C=O) groups is 8. The largest absolute Gasteiger partial charge is 1.00 e. The molecule has 12 aromatic rings. The number of carboxylic acids is 2. The Kier molecular flexibility index (Phi) is 40.4. The molecule has 5 aliphatic carbocycles. The number of nitrogens with two attached hydrogens (primary N) is 1. The van der Waals surface area contributed by atoms with Gasteiger partial charge in [0.05, 0.1) is 47.6 Å². The van der Waals surface area contributed by atoms with Gasteiger partial charge in [0.2, 0.25) is 28.8 Å². The number of benzene rings is 7. The minimum Gasteiger partial charge on any atom is -1.00 e. The summed E-state index contributed by atoms with van der Waals surface area (Å²) in [5.74, 6) is -1.61. The van der Waals surface area contributed by atoms with Crippen LogP contribution >= 0.6 is 0 Å². The molecule has 6 fully saturated rings. The summed E-state index contributed by atoms with van der Waals surface area (Å²) in [5.41, 5.74) is 13.3. The van der Waals surface area contributed by atoms with E-state index in [9.17, 15) is 38.4 Å². The Hall–Kier alpha value is -14.1. The molecule has 4 amide bonds. The van der Waals surface area contributed by atoms with Crippen LogP contribution in [0.2, 0.25) is 0 Å². The number of aliphatic hydroxyl groups is 1. The molecular weight excluding hydrogens is 1750 g/mol. The van der Waals surface area contributed by atoms with Crippen molar-refractivity contribution in [3.63, 3.8) is 0 Å². The van der Waals surface area contributed by atoms with Crippen molar-refractivity contribution in [1.82, 2.24) is 47.1 Å². The number of hydrogen-bond donors (Lipinski definition) is 9. The second-order valence-electron chi connectivity index (χ2n) is 34.7. The van der Waals surface area contributed by atoms with Crippen molar-refractivity contribution in [2.24, 2.45) is 35.3 Å². The van der Waals surface area contributed by atoms with Gasteiger partial charge in [0.15, 0.2) is 17.4 Å². The predicted molar refractivity (Wildman–Crippen MR) is 500 cm³/mol. The maximum atomic E-state index is 12.3. The van der Waals surface area contributed by atoms with Crippen molar-refractivity contribution in [2.45, 2.75) is 160 Å². The number of carbonyl (C=O) groups excluding carboxylic acids is 6. The predicted octanol–water partition coefficient (Wildman–Crippen LogP) is 11.9. The van der Waals surface area contributed by atoms with Crippen molar-refractivity contribution in [2.75, 3.05) is 26.4 Å². The van der Waals surface area contributed by atoms with Gasteiger partial charge in [-0.2, -0.15) is 10.5 Å². The molecule has 33 nitrogen and oxygen atoms in total. The molecule has 0 bridgehead atoms. The van der Waals surface area contributed by atoms with E-state index in [4.69, 9.17) is 73.7 Å². The zero-order valence-electron chi connectivity index (χ0n) is 77.0. The summed E-state index contributed by atoms with van der Waals surface area (Å²) in [6.07, 6.45) is 9.58. The van der Waals surface area contributed by atoms with Gasteiger partial charge in [-0.05, 0) is 179 Å². The van der Waals surface area contributed by atoms with Crippen LogP contribution in [0.5, 0.6) is 11.5 Å². The van der Waals surface area contributed by atoms with Crippen LogP contribution in [0, 0.1) is 52.3 Å². The summed E-state index contributed by atoms with van der Waals surface area (Å²) in [7, 11) is 0. The number of nitriles is 2. The maximum absolute atomic E-state index is 12.3. The van der Waals surface area contributed by atoms with Gasteiger partial charge in [0.25, 0.3) is 23.6 Å². The van der Waals surface area contributed by atoms with Crippen LogP contribution in [0.15, 0.2) is 253 Å². The molecule has 706 valence electrons. The van der Waals surface area contributed by atoms with Crippen LogP contribution in [0.3, 0.4) is 0 Å². The van der Waals surface area contributed by atoms with Crippen molar-refractivity contribution in [1.29, 1.82) is 10.5 Å². The zero-order valence-corrected chi connectivity index (χ0v) is 76.0. The summed E-state index contributed by atoms with van der Waals surface area (Å²) in [6.45, 7) is 14.0. The van der Waals surface area contributed by atoms with E-state index in [-0.39, 0.29) is 168 Å². The number of phenolic OH excluding ortho intramolecular Hbond substituents is 1. The number of hydrogen-bond acceptors (Lipinski definition) is 27. The van der Waals surface area contributed by atoms with Gasteiger partial charge in [0.1, 0.15) is 51.2 Å². The summed E-state index contributed by atoms with van der Waals surface area (Å²) < 4.78 is 46.3. The number of nitrogens with one attached hydrogen (secondary N) is 4. The van der Waals surface area contributed by atoms with Gasteiger partial charge in [-0.3, -0.25) is 33.6 Å². The number of aliphatic hydroxyl groups excluding tert-OH is 1. The quantitative estimate of drug-likeness (QED) is 0.0238. The molecule has 10 N–H and O–H groups in total. The van der Waals surface area contributed by atoms with Gasteiger partial charge in [-0.1, -0.05) is 177 Å². The van der Waals surface area contributed by atoms with Gasteiger partial charge >= 0.3 is 42.7 Å². The number of phenols is 1. The first kappa shape index (κ1) is 106. The molecular formula is C101H112AlLiN12O21. The van der Waals surface area contributed by atoms with Crippen LogP contribution in [-0.4, -0.2) is 179 Å². The Morgan fingerprint density at radius 3 is 0.978 bits per heavy atom. The fourth-order valence-electron chi connectivity index (χ4n) is 14.0. The van der Waals surface area contributed by atoms with Crippen molar-refractivity contribution < 1.29 is 121 Å². The van der Waals surface area contributed by atoms with Gasteiger partial charge in [-0.25, -0.2) is 4.79 Å². The number of aromatic hydroxyl groups is 1. The minimum atomic E-state index is -1.11. The Morgan fingerprint density at radius 1 is 0.419 bits per heavy atom. The minimum absolute atomic E-state index is 0.